The molecule has 0 spiro atoms. The Labute approximate surface area is 191 Å². The zero-order valence-corrected chi connectivity index (χ0v) is 20.0. The SMILES string of the molecule is CCCS(=O)(=O)N1CCC(CNC(=O)c2ccc(C)cc2Cl)CC1C.c1ccncc1. The molecule has 170 valence electrons. The van der Waals surface area contributed by atoms with E-state index in [1.807, 2.05) is 45.0 Å². The topological polar surface area (TPSA) is 79.4 Å². The predicted molar refractivity (Wildman–Crippen MR) is 126 cm³/mol. The largest absolute Gasteiger partial charge is 0.352 e. The van der Waals surface area contributed by atoms with E-state index in [-0.39, 0.29) is 23.6 Å². The molecule has 0 radical (unpaired) electrons. The van der Waals surface area contributed by atoms with Crippen LogP contribution in [0.2, 0.25) is 5.02 Å². The van der Waals surface area contributed by atoms with Gasteiger partial charge in [0.15, 0.2) is 0 Å². The number of aryl methyl sites for hydroxylation is 1. The van der Waals surface area contributed by atoms with Gasteiger partial charge in [0.05, 0.1) is 16.3 Å². The fourth-order valence-corrected chi connectivity index (χ4v) is 5.76. The number of carbonyl (C=O) groups is 1. The lowest BCUT2D eigenvalue weighted by molar-refractivity contribution is 0.0936. The molecule has 1 aromatic carbocycles. The first-order valence-electron chi connectivity index (χ1n) is 10.6. The number of hydrogen-bond acceptors (Lipinski definition) is 4. The van der Waals surface area contributed by atoms with Gasteiger partial charge in [0, 0.05) is 31.5 Å². The van der Waals surface area contributed by atoms with Crippen LogP contribution in [0.1, 0.15) is 49.0 Å². The summed E-state index contributed by atoms with van der Waals surface area (Å²) >= 11 is 6.13. The highest BCUT2D eigenvalue weighted by Crippen LogP contribution is 2.25. The summed E-state index contributed by atoms with van der Waals surface area (Å²) < 4.78 is 26.1. The number of carbonyl (C=O) groups excluding carboxylic acids is 1. The Morgan fingerprint density at radius 3 is 2.48 bits per heavy atom. The molecule has 8 heteroatoms. The number of halogens is 1. The summed E-state index contributed by atoms with van der Waals surface area (Å²) in [6.07, 6.45) is 5.64. The molecule has 1 aliphatic rings. The fraction of sp³-hybridized carbons (Fsp3) is 0.478. The number of piperidine rings is 1. The van der Waals surface area contributed by atoms with Crippen LogP contribution >= 0.6 is 11.6 Å². The summed E-state index contributed by atoms with van der Waals surface area (Å²) in [5.41, 5.74) is 1.49. The van der Waals surface area contributed by atoms with E-state index >= 15 is 0 Å². The van der Waals surface area contributed by atoms with Crippen LogP contribution in [-0.4, -0.2) is 48.5 Å². The summed E-state index contributed by atoms with van der Waals surface area (Å²) in [6, 6.07) is 11.0. The third-order valence-electron chi connectivity index (χ3n) is 5.23. The molecule has 1 N–H and O–H groups in total. The summed E-state index contributed by atoms with van der Waals surface area (Å²) in [5.74, 6) is 0.292. The van der Waals surface area contributed by atoms with E-state index < -0.39 is 10.0 Å². The van der Waals surface area contributed by atoms with Gasteiger partial charge in [-0.25, -0.2) is 8.42 Å². The minimum Gasteiger partial charge on any atom is -0.352 e. The molecule has 1 aliphatic heterocycles. The number of nitrogens with zero attached hydrogens (tertiary/aromatic N) is 2. The van der Waals surface area contributed by atoms with Crippen LogP contribution in [0.4, 0.5) is 0 Å². The molecule has 0 bridgehead atoms. The van der Waals surface area contributed by atoms with Crippen molar-refractivity contribution in [2.24, 2.45) is 5.92 Å². The maximum atomic E-state index is 12.3. The van der Waals surface area contributed by atoms with Crippen molar-refractivity contribution in [3.63, 3.8) is 0 Å². The molecule has 2 heterocycles. The lowest BCUT2D eigenvalue weighted by Crippen LogP contribution is -2.47. The van der Waals surface area contributed by atoms with Crippen LogP contribution in [0.5, 0.6) is 0 Å². The summed E-state index contributed by atoms with van der Waals surface area (Å²) in [7, 11) is -3.16. The highest BCUT2D eigenvalue weighted by Gasteiger charge is 2.32. The molecular formula is C23H32ClN3O3S. The number of pyridine rings is 1. The van der Waals surface area contributed by atoms with Gasteiger partial charge in [0.1, 0.15) is 0 Å². The molecule has 2 atom stereocenters. The first-order chi connectivity index (χ1) is 14.7. The lowest BCUT2D eigenvalue weighted by atomic mass is 9.93. The van der Waals surface area contributed by atoms with Crippen LogP contribution in [0.25, 0.3) is 0 Å². The summed E-state index contributed by atoms with van der Waals surface area (Å²) in [5, 5.41) is 3.39. The first kappa shape index (κ1) is 25.3. The minimum atomic E-state index is -3.16. The van der Waals surface area contributed by atoms with Gasteiger partial charge in [0.2, 0.25) is 10.0 Å². The zero-order chi connectivity index (χ0) is 22.9. The quantitative estimate of drug-likeness (QED) is 0.689. The molecule has 1 amide bonds. The minimum absolute atomic E-state index is 0.0323. The van der Waals surface area contributed by atoms with E-state index in [1.165, 1.54) is 0 Å². The van der Waals surface area contributed by atoms with Gasteiger partial charge < -0.3 is 5.32 Å². The third-order valence-corrected chi connectivity index (χ3v) is 7.72. The number of amides is 1. The van der Waals surface area contributed by atoms with Crippen LogP contribution in [-0.2, 0) is 10.0 Å². The molecule has 31 heavy (non-hydrogen) atoms. The van der Waals surface area contributed by atoms with Crippen molar-refractivity contribution >= 4 is 27.5 Å². The maximum Gasteiger partial charge on any atom is 0.252 e. The van der Waals surface area contributed by atoms with Gasteiger partial charge in [-0.15, -0.1) is 0 Å². The third kappa shape index (κ3) is 7.91. The number of aromatic nitrogens is 1. The molecule has 1 aromatic heterocycles. The smallest absolute Gasteiger partial charge is 0.252 e. The van der Waals surface area contributed by atoms with Gasteiger partial charge >= 0.3 is 0 Å². The molecule has 3 rings (SSSR count). The predicted octanol–water partition coefficient (Wildman–Crippen LogP) is 4.30. The Hall–Kier alpha value is -1.96. The summed E-state index contributed by atoms with van der Waals surface area (Å²) in [4.78, 5) is 16.1. The Kier molecular flexibility index (Phi) is 9.93. The average Bonchev–Trinajstić information content (AvgIpc) is 2.73. The van der Waals surface area contributed by atoms with Gasteiger partial charge in [0.25, 0.3) is 5.91 Å². The molecule has 2 unspecified atom stereocenters. The number of nitrogens with one attached hydrogen (secondary N) is 1. The van der Waals surface area contributed by atoms with Crippen molar-refractivity contribution < 1.29 is 13.2 Å². The second kappa shape index (κ2) is 12.2. The Balaban J connectivity index is 0.000000488. The number of sulfonamides is 1. The van der Waals surface area contributed by atoms with E-state index in [0.717, 1.165) is 18.4 Å². The van der Waals surface area contributed by atoms with Gasteiger partial charge in [-0.1, -0.05) is 30.7 Å². The molecular weight excluding hydrogens is 434 g/mol. The van der Waals surface area contributed by atoms with Gasteiger partial charge in [-0.05, 0) is 68.9 Å². The maximum absolute atomic E-state index is 12.3. The number of rotatable bonds is 6. The van der Waals surface area contributed by atoms with Crippen LogP contribution in [0.3, 0.4) is 0 Å². The Morgan fingerprint density at radius 1 is 1.26 bits per heavy atom. The Morgan fingerprint density at radius 2 is 1.97 bits per heavy atom. The standard InChI is InChI=1S/C18H27ClN2O3S.C5H5N/c1-4-9-25(23,24)21-8-7-15(11-14(21)3)12-20-18(22)16-6-5-13(2)10-17(16)19;1-2-4-6-5-3-1/h5-6,10,14-15H,4,7-9,11-12H2,1-3H3,(H,20,22);1-5H. The average molecular weight is 466 g/mol. The highest BCUT2D eigenvalue weighted by atomic mass is 35.5. The zero-order valence-electron chi connectivity index (χ0n) is 18.4. The van der Waals surface area contributed by atoms with Crippen LogP contribution < -0.4 is 5.32 Å². The highest BCUT2D eigenvalue weighted by molar-refractivity contribution is 7.89. The van der Waals surface area contributed by atoms with Crippen molar-refractivity contribution in [3.05, 3.63) is 64.9 Å². The van der Waals surface area contributed by atoms with Crippen LogP contribution in [0, 0.1) is 12.8 Å². The van der Waals surface area contributed by atoms with Crippen molar-refractivity contribution in [2.45, 2.75) is 46.1 Å². The molecule has 0 saturated carbocycles. The second-order valence-corrected chi connectivity index (χ2v) is 10.3. The number of benzene rings is 1. The second-order valence-electron chi connectivity index (χ2n) is 7.88. The van der Waals surface area contributed by atoms with E-state index in [4.69, 9.17) is 11.6 Å². The van der Waals surface area contributed by atoms with Crippen molar-refractivity contribution in [1.82, 2.24) is 14.6 Å². The molecule has 1 fully saturated rings. The van der Waals surface area contributed by atoms with Crippen molar-refractivity contribution in [2.75, 3.05) is 18.8 Å². The van der Waals surface area contributed by atoms with Crippen LogP contribution in [0.15, 0.2) is 48.8 Å². The van der Waals surface area contributed by atoms with Gasteiger partial charge in [-0.2, -0.15) is 4.31 Å². The summed E-state index contributed by atoms with van der Waals surface area (Å²) in [6.45, 7) is 6.80. The Bertz CT molecular complexity index is 912. The van der Waals surface area contributed by atoms with E-state index in [2.05, 4.69) is 10.3 Å². The molecule has 6 nitrogen and oxygen atoms in total. The number of hydrogen-bond donors (Lipinski definition) is 1. The van der Waals surface area contributed by atoms with Gasteiger partial charge in [-0.3, -0.25) is 9.78 Å². The lowest BCUT2D eigenvalue weighted by Gasteiger charge is -2.36. The molecule has 1 saturated heterocycles. The normalized spacial score (nSPS) is 19.2. The van der Waals surface area contributed by atoms with Crippen molar-refractivity contribution in [1.29, 1.82) is 0 Å². The molecule has 2 aromatic rings. The van der Waals surface area contributed by atoms with Crippen molar-refractivity contribution in [3.8, 4) is 0 Å². The van der Waals surface area contributed by atoms with E-state index in [0.29, 0.717) is 30.1 Å². The fourth-order valence-electron chi connectivity index (χ4n) is 3.67. The molecule has 0 aliphatic carbocycles. The monoisotopic (exact) mass is 465 g/mol. The first-order valence-corrected chi connectivity index (χ1v) is 12.6. The van der Waals surface area contributed by atoms with E-state index in [9.17, 15) is 13.2 Å². The van der Waals surface area contributed by atoms with E-state index in [1.54, 1.807) is 28.8 Å².